The van der Waals surface area contributed by atoms with Gasteiger partial charge in [-0.2, -0.15) is 0 Å². The third-order valence-corrected chi connectivity index (χ3v) is 4.92. The Labute approximate surface area is 124 Å². The van der Waals surface area contributed by atoms with Crippen LogP contribution in [-0.2, 0) is 0 Å². The molecule has 0 amide bonds. The lowest BCUT2D eigenvalue weighted by molar-refractivity contribution is 0.742. The number of hydrogen-bond donors (Lipinski definition) is 0. The summed E-state index contributed by atoms with van der Waals surface area (Å²) in [4.78, 5) is 13.3. The zero-order valence-electron chi connectivity index (χ0n) is 10.2. The quantitative estimate of drug-likeness (QED) is 0.795. The highest BCUT2D eigenvalue weighted by atomic mass is 79.9. The maximum atomic E-state index is 6.23. The number of hydrogen-bond acceptors (Lipinski definition) is 3. The SMILES string of the molecule is Clc1nc(-c2cncn2C2CC2)nc(C2CC2)c1Br. The molecule has 0 saturated heterocycles. The Hall–Kier alpha value is -0.940. The van der Waals surface area contributed by atoms with Crippen molar-refractivity contribution in [3.8, 4) is 11.5 Å². The van der Waals surface area contributed by atoms with Gasteiger partial charge in [-0.3, -0.25) is 0 Å². The second kappa shape index (κ2) is 4.28. The van der Waals surface area contributed by atoms with Crippen LogP contribution in [0.4, 0.5) is 0 Å². The van der Waals surface area contributed by atoms with Crippen molar-refractivity contribution in [3.05, 3.63) is 27.8 Å². The van der Waals surface area contributed by atoms with Crippen LogP contribution in [0.5, 0.6) is 0 Å². The first kappa shape index (κ1) is 11.9. The van der Waals surface area contributed by atoms with Gasteiger partial charge in [0.05, 0.1) is 22.7 Å². The van der Waals surface area contributed by atoms with Crippen LogP contribution in [0.1, 0.15) is 43.3 Å². The standard InChI is InChI=1S/C13H12BrClN4/c14-10-11(7-1-2-7)17-13(18-12(10)15)9-5-16-6-19(9)8-3-4-8/h5-8H,1-4H2. The Balaban J connectivity index is 1.83. The molecule has 2 heterocycles. The van der Waals surface area contributed by atoms with E-state index in [-0.39, 0.29) is 0 Å². The summed E-state index contributed by atoms with van der Waals surface area (Å²) in [6.45, 7) is 0. The normalized spacial score (nSPS) is 18.8. The van der Waals surface area contributed by atoms with Crippen LogP contribution in [0.25, 0.3) is 11.5 Å². The number of nitrogens with zero attached hydrogens (tertiary/aromatic N) is 4. The van der Waals surface area contributed by atoms with Crippen molar-refractivity contribution < 1.29 is 0 Å². The molecule has 0 aliphatic heterocycles. The van der Waals surface area contributed by atoms with E-state index < -0.39 is 0 Å². The van der Waals surface area contributed by atoms with E-state index in [1.165, 1.54) is 25.7 Å². The van der Waals surface area contributed by atoms with Crippen LogP contribution in [-0.4, -0.2) is 19.5 Å². The first-order valence-electron chi connectivity index (χ1n) is 6.49. The van der Waals surface area contributed by atoms with Crippen LogP contribution in [0, 0.1) is 0 Å². The largest absolute Gasteiger partial charge is 0.325 e. The molecule has 2 saturated carbocycles. The number of imidazole rings is 1. The molecule has 0 spiro atoms. The third kappa shape index (κ3) is 2.09. The van der Waals surface area contributed by atoms with E-state index in [4.69, 9.17) is 16.6 Å². The number of aromatic nitrogens is 4. The number of rotatable bonds is 3. The molecule has 2 fully saturated rings. The van der Waals surface area contributed by atoms with E-state index in [1.54, 1.807) is 0 Å². The maximum Gasteiger partial charge on any atom is 0.179 e. The van der Waals surface area contributed by atoms with E-state index in [9.17, 15) is 0 Å². The average Bonchev–Trinajstić information content (AvgIpc) is 3.32. The van der Waals surface area contributed by atoms with E-state index in [0.717, 1.165) is 15.9 Å². The summed E-state index contributed by atoms with van der Waals surface area (Å²) < 4.78 is 3.01. The molecule has 0 aromatic carbocycles. The van der Waals surface area contributed by atoms with Crippen molar-refractivity contribution in [1.29, 1.82) is 0 Å². The van der Waals surface area contributed by atoms with Crippen molar-refractivity contribution in [2.45, 2.75) is 37.6 Å². The van der Waals surface area contributed by atoms with Gasteiger partial charge in [-0.15, -0.1) is 0 Å². The fourth-order valence-corrected chi connectivity index (χ4v) is 2.98. The summed E-state index contributed by atoms with van der Waals surface area (Å²) in [5, 5.41) is 0.496. The molecular weight excluding hydrogens is 328 g/mol. The Morgan fingerprint density at radius 1 is 1.21 bits per heavy atom. The lowest BCUT2D eigenvalue weighted by Gasteiger charge is -2.09. The summed E-state index contributed by atoms with van der Waals surface area (Å²) in [5.74, 6) is 1.23. The van der Waals surface area contributed by atoms with Gasteiger partial charge in [0.25, 0.3) is 0 Å². The summed E-state index contributed by atoms with van der Waals surface area (Å²) in [7, 11) is 0. The van der Waals surface area contributed by atoms with Gasteiger partial charge in [0.2, 0.25) is 0 Å². The van der Waals surface area contributed by atoms with Crippen molar-refractivity contribution >= 4 is 27.5 Å². The van der Waals surface area contributed by atoms with E-state index in [0.29, 0.717) is 22.9 Å². The van der Waals surface area contributed by atoms with Gasteiger partial charge in [0.1, 0.15) is 10.8 Å². The van der Waals surface area contributed by atoms with Gasteiger partial charge in [-0.25, -0.2) is 15.0 Å². The molecule has 0 bridgehead atoms. The van der Waals surface area contributed by atoms with Crippen LogP contribution < -0.4 is 0 Å². The molecule has 2 aromatic rings. The summed E-state index contributed by atoms with van der Waals surface area (Å²) in [6.07, 6.45) is 8.49. The molecule has 0 radical (unpaired) electrons. The molecule has 2 aliphatic rings. The van der Waals surface area contributed by atoms with E-state index >= 15 is 0 Å². The Morgan fingerprint density at radius 3 is 2.68 bits per heavy atom. The molecule has 0 atom stereocenters. The van der Waals surface area contributed by atoms with Gasteiger partial charge < -0.3 is 4.57 Å². The smallest absolute Gasteiger partial charge is 0.179 e. The van der Waals surface area contributed by atoms with Crippen LogP contribution in [0.2, 0.25) is 5.15 Å². The van der Waals surface area contributed by atoms with Crippen molar-refractivity contribution in [2.75, 3.05) is 0 Å². The molecule has 4 nitrogen and oxygen atoms in total. The van der Waals surface area contributed by atoms with E-state index in [2.05, 4.69) is 30.5 Å². The minimum Gasteiger partial charge on any atom is -0.325 e. The predicted molar refractivity (Wildman–Crippen MR) is 76.2 cm³/mol. The molecule has 4 rings (SSSR count). The maximum absolute atomic E-state index is 6.23. The Morgan fingerprint density at radius 2 is 2.00 bits per heavy atom. The van der Waals surface area contributed by atoms with Gasteiger partial charge >= 0.3 is 0 Å². The highest BCUT2D eigenvalue weighted by Gasteiger charge is 2.31. The molecule has 0 N–H and O–H groups in total. The second-order valence-corrected chi connectivity index (χ2v) is 6.38. The summed E-state index contributed by atoms with van der Waals surface area (Å²) >= 11 is 9.73. The van der Waals surface area contributed by atoms with Crippen molar-refractivity contribution in [1.82, 2.24) is 19.5 Å². The zero-order valence-corrected chi connectivity index (χ0v) is 12.5. The minimum atomic E-state index is 0.496. The predicted octanol–water partition coefficient (Wildman–Crippen LogP) is 3.97. The summed E-state index contributed by atoms with van der Waals surface area (Å²) in [6, 6.07) is 0.563. The molecule has 2 aromatic heterocycles. The van der Waals surface area contributed by atoms with Gasteiger partial charge in [-0.1, -0.05) is 11.6 Å². The molecular formula is C13H12BrClN4. The fourth-order valence-electron chi connectivity index (χ4n) is 2.30. The van der Waals surface area contributed by atoms with Crippen LogP contribution in [0.15, 0.2) is 17.0 Å². The summed E-state index contributed by atoms with van der Waals surface area (Å²) in [5.41, 5.74) is 2.01. The van der Waals surface area contributed by atoms with Gasteiger partial charge in [0, 0.05) is 12.0 Å². The lowest BCUT2D eigenvalue weighted by Crippen LogP contribution is -2.02. The first-order chi connectivity index (χ1) is 9.24. The van der Waals surface area contributed by atoms with Gasteiger partial charge in [-0.05, 0) is 41.6 Å². The van der Waals surface area contributed by atoms with Crippen molar-refractivity contribution in [3.63, 3.8) is 0 Å². The Bertz CT molecular complexity index is 646. The molecule has 6 heteroatoms. The lowest BCUT2D eigenvalue weighted by atomic mass is 10.2. The second-order valence-electron chi connectivity index (χ2n) is 5.23. The average molecular weight is 340 g/mol. The van der Waals surface area contributed by atoms with Crippen LogP contribution >= 0.6 is 27.5 Å². The van der Waals surface area contributed by atoms with Crippen molar-refractivity contribution in [2.24, 2.45) is 0 Å². The molecule has 0 unspecified atom stereocenters. The third-order valence-electron chi connectivity index (χ3n) is 3.64. The fraction of sp³-hybridized carbons (Fsp3) is 0.462. The monoisotopic (exact) mass is 338 g/mol. The molecule has 2 aliphatic carbocycles. The van der Waals surface area contributed by atoms with Crippen LogP contribution in [0.3, 0.4) is 0 Å². The van der Waals surface area contributed by atoms with Gasteiger partial charge in [0.15, 0.2) is 5.82 Å². The molecule has 98 valence electrons. The molecule has 19 heavy (non-hydrogen) atoms. The zero-order chi connectivity index (χ0) is 13.0. The first-order valence-corrected chi connectivity index (χ1v) is 7.66. The highest BCUT2D eigenvalue weighted by molar-refractivity contribution is 9.10. The number of halogens is 2. The van der Waals surface area contributed by atoms with E-state index in [1.807, 2.05) is 12.5 Å². The highest BCUT2D eigenvalue weighted by Crippen LogP contribution is 2.44. The Kier molecular flexibility index (Phi) is 2.67. The topological polar surface area (TPSA) is 43.6 Å². The minimum absolute atomic E-state index is 0.496.